The van der Waals surface area contributed by atoms with Gasteiger partial charge in [0.15, 0.2) is 0 Å². The molecule has 0 aromatic rings. The molecular weight excluding hydrogens is 256 g/mol. The van der Waals surface area contributed by atoms with Gasteiger partial charge in [-0.15, -0.1) is 0 Å². The SMILES string of the molecule is CCc1c2ccccc([Si](C)C)c-2c(C)c1C(C)(C)C. The van der Waals surface area contributed by atoms with Crippen LogP contribution in [0.5, 0.6) is 0 Å². The molecule has 20 heavy (non-hydrogen) atoms. The second kappa shape index (κ2) is 5.36. The van der Waals surface area contributed by atoms with Gasteiger partial charge in [-0.3, -0.25) is 0 Å². The van der Waals surface area contributed by atoms with Gasteiger partial charge in [-0.05, 0) is 46.6 Å². The Morgan fingerprint density at radius 2 is 1.65 bits per heavy atom. The fourth-order valence-corrected chi connectivity index (χ4v) is 4.81. The predicted molar refractivity (Wildman–Crippen MR) is 93.0 cm³/mol. The monoisotopic (exact) mass is 283 g/mol. The molecule has 0 aromatic carbocycles. The molecule has 0 N–H and O–H groups in total. The standard InChI is InChI=1S/C19H27Si/c1-8-14-15-11-9-10-12-16(20(6)7)17(15)13(2)18(14)19(3,4)5/h9-12H,8H2,1-7H3. The maximum atomic E-state index is 2.40. The largest absolute Gasteiger partial charge is 0.0800 e. The summed E-state index contributed by atoms with van der Waals surface area (Å²) in [5.41, 5.74) is 7.90. The highest BCUT2D eigenvalue weighted by Crippen LogP contribution is 2.41. The maximum Gasteiger partial charge on any atom is 0.0800 e. The Morgan fingerprint density at radius 3 is 2.15 bits per heavy atom. The Labute approximate surface area is 126 Å². The van der Waals surface area contributed by atoms with Crippen molar-refractivity contribution in [1.29, 1.82) is 0 Å². The van der Waals surface area contributed by atoms with Crippen molar-refractivity contribution in [2.45, 2.75) is 59.5 Å². The first-order chi connectivity index (χ1) is 9.29. The van der Waals surface area contributed by atoms with Crippen LogP contribution in [0.3, 0.4) is 0 Å². The molecule has 1 heteroatoms. The van der Waals surface area contributed by atoms with E-state index in [0.29, 0.717) is 0 Å². The lowest BCUT2D eigenvalue weighted by molar-refractivity contribution is 0.582. The normalized spacial score (nSPS) is 12.4. The molecule has 0 saturated carbocycles. The number of hydrogen-bond acceptors (Lipinski definition) is 0. The summed E-state index contributed by atoms with van der Waals surface area (Å²) in [5, 5.41) is 1.58. The van der Waals surface area contributed by atoms with Gasteiger partial charge in [0, 0.05) is 0 Å². The van der Waals surface area contributed by atoms with E-state index >= 15 is 0 Å². The topological polar surface area (TPSA) is 0 Å². The third-order valence-corrected chi connectivity index (χ3v) is 5.69. The zero-order valence-corrected chi connectivity index (χ0v) is 15.0. The Hall–Kier alpha value is -1.08. The van der Waals surface area contributed by atoms with Gasteiger partial charge in [0.1, 0.15) is 0 Å². The lowest BCUT2D eigenvalue weighted by Crippen LogP contribution is -2.24. The van der Waals surface area contributed by atoms with Gasteiger partial charge < -0.3 is 0 Å². The minimum Gasteiger partial charge on any atom is -0.0671 e. The molecule has 0 bridgehead atoms. The average molecular weight is 284 g/mol. The van der Waals surface area contributed by atoms with Crippen LogP contribution >= 0.6 is 0 Å². The summed E-state index contributed by atoms with van der Waals surface area (Å²) >= 11 is 0. The van der Waals surface area contributed by atoms with E-state index in [-0.39, 0.29) is 5.41 Å². The summed E-state index contributed by atoms with van der Waals surface area (Å²) < 4.78 is 0. The van der Waals surface area contributed by atoms with Gasteiger partial charge in [-0.2, -0.15) is 0 Å². The molecule has 1 radical (unpaired) electrons. The van der Waals surface area contributed by atoms with Gasteiger partial charge in [-0.1, -0.05) is 70.2 Å². The quantitative estimate of drug-likeness (QED) is 0.686. The highest BCUT2D eigenvalue weighted by molar-refractivity contribution is 6.72. The highest BCUT2D eigenvalue weighted by Gasteiger charge is 2.28. The van der Waals surface area contributed by atoms with Crippen molar-refractivity contribution in [2.75, 3.05) is 0 Å². The molecule has 2 rings (SSSR count). The van der Waals surface area contributed by atoms with Crippen molar-refractivity contribution < 1.29 is 0 Å². The predicted octanol–water partition coefficient (Wildman–Crippen LogP) is 4.92. The second-order valence-electron chi connectivity index (χ2n) is 7.00. The molecule has 107 valence electrons. The minimum atomic E-state index is -0.458. The first kappa shape index (κ1) is 15.3. The third-order valence-electron chi connectivity index (χ3n) is 4.19. The van der Waals surface area contributed by atoms with E-state index in [1.807, 2.05) is 0 Å². The fraction of sp³-hybridized carbons (Fsp3) is 0.474. The van der Waals surface area contributed by atoms with Crippen LogP contribution in [0.4, 0.5) is 0 Å². The Balaban J connectivity index is 2.92. The number of rotatable bonds is 2. The smallest absolute Gasteiger partial charge is 0.0671 e. The van der Waals surface area contributed by atoms with Crippen LogP contribution in [0.2, 0.25) is 13.1 Å². The van der Waals surface area contributed by atoms with E-state index in [4.69, 9.17) is 0 Å². The van der Waals surface area contributed by atoms with Gasteiger partial charge >= 0.3 is 0 Å². The highest BCUT2D eigenvalue weighted by atomic mass is 28.3. The van der Waals surface area contributed by atoms with Crippen molar-refractivity contribution >= 4 is 14.0 Å². The fourth-order valence-electron chi connectivity index (χ4n) is 3.56. The molecule has 0 saturated heterocycles. The summed E-state index contributed by atoms with van der Waals surface area (Å²) in [6.45, 7) is 16.4. The van der Waals surface area contributed by atoms with E-state index in [1.165, 1.54) is 16.7 Å². The molecule has 0 unspecified atom stereocenters. The molecule has 0 aromatic heterocycles. The zero-order valence-electron chi connectivity index (χ0n) is 14.0. The van der Waals surface area contributed by atoms with E-state index in [1.54, 1.807) is 16.3 Å². The van der Waals surface area contributed by atoms with Crippen LogP contribution in [-0.2, 0) is 11.8 Å². The molecule has 0 atom stereocenters. The van der Waals surface area contributed by atoms with Gasteiger partial charge in [-0.25, -0.2) is 0 Å². The molecular formula is C19H27Si. The lowest BCUT2D eigenvalue weighted by atomic mass is 9.83. The molecule has 0 aliphatic heterocycles. The second-order valence-corrected chi connectivity index (χ2v) is 9.54. The molecule has 0 amide bonds. The Bertz CT molecular complexity index is 588. The van der Waals surface area contributed by atoms with E-state index in [0.717, 1.165) is 6.42 Å². The van der Waals surface area contributed by atoms with Gasteiger partial charge in [0.2, 0.25) is 0 Å². The maximum absolute atomic E-state index is 2.40. The van der Waals surface area contributed by atoms with Crippen molar-refractivity contribution in [3.05, 3.63) is 41.0 Å². The summed E-state index contributed by atoms with van der Waals surface area (Å²) in [5.74, 6) is 0. The average Bonchev–Trinajstić information content (AvgIpc) is 2.50. The van der Waals surface area contributed by atoms with E-state index < -0.39 is 8.80 Å². The van der Waals surface area contributed by atoms with Crippen LogP contribution in [0.15, 0.2) is 24.3 Å². The summed E-state index contributed by atoms with van der Waals surface area (Å²) in [4.78, 5) is 0. The Morgan fingerprint density at radius 1 is 1.05 bits per heavy atom. The van der Waals surface area contributed by atoms with Crippen molar-refractivity contribution in [3.63, 3.8) is 0 Å². The molecule has 0 nitrogen and oxygen atoms in total. The van der Waals surface area contributed by atoms with Crippen LogP contribution in [0, 0.1) is 6.92 Å². The summed E-state index contributed by atoms with van der Waals surface area (Å²) in [7, 11) is -0.458. The molecule has 2 aliphatic carbocycles. The van der Waals surface area contributed by atoms with E-state index in [2.05, 4.69) is 72.0 Å². The van der Waals surface area contributed by atoms with Gasteiger partial charge in [0.25, 0.3) is 0 Å². The molecule has 0 heterocycles. The van der Waals surface area contributed by atoms with Crippen molar-refractivity contribution in [3.8, 4) is 11.1 Å². The first-order valence-electron chi connectivity index (χ1n) is 7.64. The number of hydrogen-bond donors (Lipinski definition) is 0. The minimum absolute atomic E-state index is 0.221. The van der Waals surface area contributed by atoms with Crippen LogP contribution in [0.25, 0.3) is 11.1 Å². The van der Waals surface area contributed by atoms with Crippen LogP contribution in [-0.4, -0.2) is 8.80 Å². The third kappa shape index (κ3) is 2.44. The van der Waals surface area contributed by atoms with Crippen LogP contribution < -0.4 is 5.19 Å². The molecule has 2 aliphatic rings. The molecule has 0 fully saturated rings. The first-order valence-corrected chi connectivity index (χ1v) is 10.1. The Kier molecular flexibility index (Phi) is 4.11. The van der Waals surface area contributed by atoms with Crippen LogP contribution in [0.1, 0.15) is 44.4 Å². The number of fused-ring (bicyclic) bond motifs is 1. The summed E-state index contributed by atoms with van der Waals surface area (Å²) in [6, 6.07) is 9.09. The molecule has 0 spiro atoms. The van der Waals surface area contributed by atoms with Gasteiger partial charge in [0.05, 0.1) is 8.80 Å². The zero-order chi connectivity index (χ0) is 15.1. The van der Waals surface area contributed by atoms with Crippen molar-refractivity contribution in [1.82, 2.24) is 0 Å². The summed E-state index contributed by atoms with van der Waals surface area (Å²) in [6.07, 6.45) is 1.12. The lowest BCUT2D eigenvalue weighted by Gasteiger charge is -2.21. The van der Waals surface area contributed by atoms with Crippen molar-refractivity contribution in [2.24, 2.45) is 0 Å². The van der Waals surface area contributed by atoms with E-state index in [9.17, 15) is 0 Å².